The lowest BCUT2D eigenvalue weighted by Crippen LogP contribution is -2.44. The average Bonchev–Trinajstić information content (AvgIpc) is 3.34. The summed E-state index contributed by atoms with van der Waals surface area (Å²) < 4.78 is 0. The van der Waals surface area contributed by atoms with Crippen LogP contribution in [-0.4, -0.2) is 79.4 Å². The lowest BCUT2D eigenvalue weighted by Gasteiger charge is -2.32. The number of likely N-dealkylation sites (N-methyl/N-ethyl adjacent to an activating group) is 1. The summed E-state index contributed by atoms with van der Waals surface area (Å²) in [6, 6.07) is 4.81. The molecular formula is C19H31N5OS. The molecule has 1 N–H and O–H groups in total. The summed E-state index contributed by atoms with van der Waals surface area (Å²) in [6.07, 6.45) is 5.20. The molecule has 0 radical (unpaired) electrons. The maximum absolute atomic E-state index is 12.0. The number of carbonyl (C=O) groups excluding carboxylic acids is 1. The molecule has 2 aliphatic rings. The van der Waals surface area contributed by atoms with Gasteiger partial charge in [0.05, 0.1) is 6.54 Å². The van der Waals surface area contributed by atoms with Crippen LogP contribution < -0.4 is 5.32 Å². The second-order valence-electron chi connectivity index (χ2n) is 7.35. The van der Waals surface area contributed by atoms with E-state index in [0.29, 0.717) is 6.04 Å². The number of carbonyl (C=O) groups is 1. The van der Waals surface area contributed by atoms with E-state index in [9.17, 15) is 4.79 Å². The summed E-state index contributed by atoms with van der Waals surface area (Å²) in [4.78, 5) is 24.5. The van der Waals surface area contributed by atoms with E-state index in [4.69, 9.17) is 0 Å². The van der Waals surface area contributed by atoms with Crippen LogP contribution in [0.4, 0.5) is 0 Å². The monoisotopic (exact) mass is 377 g/mol. The van der Waals surface area contributed by atoms with Gasteiger partial charge in [0.25, 0.3) is 0 Å². The Balaban J connectivity index is 1.62. The Morgan fingerprint density at radius 1 is 1.31 bits per heavy atom. The molecule has 2 aliphatic heterocycles. The molecule has 0 saturated carbocycles. The number of nitrogens with one attached hydrogen (secondary N) is 1. The zero-order valence-electron chi connectivity index (χ0n) is 16.0. The van der Waals surface area contributed by atoms with E-state index >= 15 is 0 Å². The van der Waals surface area contributed by atoms with Gasteiger partial charge in [0.1, 0.15) is 6.54 Å². The summed E-state index contributed by atoms with van der Waals surface area (Å²) in [7, 11) is 3.55. The number of nitrogens with zero attached hydrogens (tertiary/aromatic N) is 4. The molecule has 1 aromatic rings. The number of piperidine rings is 1. The number of guanidine groups is 1. The molecule has 7 heteroatoms. The topological polar surface area (TPSA) is 51.2 Å². The number of amides is 1. The van der Waals surface area contributed by atoms with Gasteiger partial charge in [-0.1, -0.05) is 12.5 Å². The third-order valence-corrected chi connectivity index (χ3v) is 6.11. The smallest absolute Gasteiger partial charge is 0.243 e. The molecule has 0 aliphatic carbocycles. The van der Waals surface area contributed by atoms with Crippen molar-refractivity contribution < 1.29 is 4.79 Å². The highest BCUT2D eigenvalue weighted by atomic mass is 32.1. The molecule has 1 unspecified atom stereocenters. The predicted molar refractivity (Wildman–Crippen MR) is 108 cm³/mol. The van der Waals surface area contributed by atoms with Crippen molar-refractivity contribution in [1.82, 2.24) is 20.0 Å². The molecule has 2 fully saturated rings. The molecule has 26 heavy (non-hydrogen) atoms. The molecule has 1 amide bonds. The highest BCUT2D eigenvalue weighted by Gasteiger charge is 2.30. The number of hydrogen-bond acceptors (Lipinski definition) is 4. The van der Waals surface area contributed by atoms with Crippen LogP contribution in [0.25, 0.3) is 0 Å². The highest BCUT2D eigenvalue weighted by Crippen LogP contribution is 2.20. The summed E-state index contributed by atoms with van der Waals surface area (Å²) in [6.45, 7) is 5.43. The molecule has 6 nitrogen and oxygen atoms in total. The summed E-state index contributed by atoms with van der Waals surface area (Å²) >= 11 is 1.74. The second kappa shape index (κ2) is 9.37. The van der Waals surface area contributed by atoms with Gasteiger partial charge in [0.15, 0.2) is 5.96 Å². The van der Waals surface area contributed by atoms with Crippen molar-refractivity contribution in [3.05, 3.63) is 22.4 Å². The van der Waals surface area contributed by atoms with Crippen LogP contribution in [0.15, 0.2) is 22.5 Å². The van der Waals surface area contributed by atoms with Gasteiger partial charge in [0, 0.05) is 38.1 Å². The van der Waals surface area contributed by atoms with Crippen LogP contribution in [0, 0.1) is 0 Å². The number of hydrogen-bond donors (Lipinski definition) is 1. The number of likely N-dealkylation sites (tertiary alicyclic amines) is 2. The Kier molecular flexibility index (Phi) is 6.91. The fraction of sp³-hybridized carbons (Fsp3) is 0.684. The van der Waals surface area contributed by atoms with Crippen molar-refractivity contribution in [2.45, 2.75) is 38.3 Å². The molecule has 2 saturated heterocycles. The third kappa shape index (κ3) is 5.20. The first-order chi connectivity index (χ1) is 12.6. The van der Waals surface area contributed by atoms with Gasteiger partial charge in [-0.3, -0.25) is 9.69 Å². The van der Waals surface area contributed by atoms with Crippen LogP contribution in [0.2, 0.25) is 0 Å². The molecule has 144 valence electrons. The largest absolute Gasteiger partial charge is 0.351 e. The minimum absolute atomic E-state index is 0.0344. The van der Waals surface area contributed by atoms with Crippen molar-refractivity contribution in [2.75, 3.05) is 46.8 Å². The van der Waals surface area contributed by atoms with Crippen LogP contribution >= 0.6 is 11.3 Å². The molecule has 1 atom stereocenters. The van der Waals surface area contributed by atoms with Gasteiger partial charge >= 0.3 is 0 Å². The number of thiophene rings is 1. The lowest BCUT2D eigenvalue weighted by molar-refractivity contribution is -0.127. The Morgan fingerprint density at radius 3 is 2.81 bits per heavy atom. The molecule has 0 spiro atoms. The van der Waals surface area contributed by atoms with Crippen LogP contribution in [0.5, 0.6) is 0 Å². The Morgan fingerprint density at radius 2 is 2.12 bits per heavy atom. The second-order valence-corrected chi connectivity index (χ2v) is 8.38. The van der Waals surface area contributed by atoms with Crippen molar-refractivity contribution in [1.29, 1.82) is 0 Å². The first-order valence-corrected chi connectivity index (χ1v) is 10.5. The van der Waals surface area contributed by atoms with E-state index < -0.39 is 0 Å². The van der Waals surface area contributed by atoms with Gasteiger partial charge in [-0.05, 0) is 43.8 Å². The third-order valence-electron chi connectivity index (χ3n) is 5.23. The number of rotatable bonds is 5. The Bertz CT molecular complexity index is 595. The highest BCUT2D eigenvalue weighted by molar-refractivity contribution is 7.09. The summed E-state index contributed by atoms with van der Waals surface area (Å²) in [5.74, 6) is 0.903. The van der Waals surface area contributed by atoms with E-state index in [0.717, 1.165) is 25.6 Å². The first-order valence-electron chi connectivity index (χ1n) is 9.63. The van der Waals surface area contributed by atoms with E-state index in [2.05, 4.69) is 37.6 Å². The zero-order valence-corrected chi connectivity index (χ0v) is 16.8. The molecule has 3 heterocycles. The summed E-state index contributed by atoms with van der Waals surface area (Å²) in [5, 5.41) is 5.57. The van der Waals surface area contributed by atoms with E-state index in [1.54, 1.807) is 30.3 Å². The van der Waals surface area contributed by atoms with Gasteiger partial charge in [-0.25, -0.2) is 4.99 Å². The predicted octanol–water partition coefficient (Wildman–Crippen LogP) is 1.84. The summed E-state index contributed by atoms with van der Waals surface area (Å²) in [5.41, 5.74) is 0. The van der Waals surface area contributed by atoms with Crippen LogP contribution in [0.3, 0.4) is 0 Å². The van der Waals surface area contributed by atoms with Gasteiger partial charge < -0.3 is 15.1 Å². The maximum Gasteiger partial charge on any atom is 0.243 e. The van der Waals surface area contributed by atoms with Crippen LogP contribution in [0.1, 0.15) is 30.6 Å². The fourth-order valence-electron chi connectivity index (χ4n) is 3.65. The van der Waals surface area contributed by atoms with Gasteiger partial charge in [0.2, 0.25) is 5.91 Å². The molecule has 1 aromatic heterocycles. The molecule has 3 rings (SSSR count). The lowest BCUT2D eigenvalue weighted by atomic mass is 10.1. The molecule has 0 aromatic carbocycles. The van der Waals surface area contributed by atoms with Crippen molar-refractivity contribution in [2.24, 2.45) is 4.99 Å². The van der Waals surface area contributed by atoms with E-state index in [1.165, 1.54) is 43.6 Å². The fourth-order valence-corrected chi connectivity index (χ4v) is 4.29. The van der Waals surface area contributed by atoms with Gasteiger partial charge in [-0.15, -0.1) is 11.3 Å². The minimum atomic E-state index is 0.0344. The van der Waals surface area contributed by atoms with Crippen molar-refractivity contribution >= 4 is 23.2 Å². The standard InChI is InChI=1S/C19H31N5OS/c1-22(2)18(25)14-21-19(20-13-17-7-6-12-26-17)24-11-8-16(15-24)23-9-4-3-5-10-23/h6-7,12,16H,3-5,8-11,13-15H2,1-2H3,(H,20,21). The van der Waals surface area contributed by atoms with Crippen molar-refractivity contribution in [3.63, 3.8) is 0 Å². The van der Waals surface area contributed by atoms with Gasteiger partial charge in [-0.2, -0.15) is 0 Å². The van der Waals surface area contributed by atoms with E-state index in [-0.39, 0.29) is 12.5 Å². The maximum atomic E-state index is 12.0. The molecule has 0 bridgehead atoms. The minimum Gasteiger partial charge on any atom is -0.351 e. The van der Waals surface area contributed by atoms with E-state index in [1.807, 2.05) is 0 Å². The Labute approximate surface area is 160 Å². The average molecular weight is 378 g/mol. The SMILES string of the molecule is CN(C)C(=O)CN=C(NCc1cccs1)N1CCC(N2CCCCC2)C1. The zero-order chi connectivity index (χ0) is 18.4. The number of aliphatic imine (C=N–C) groups is 1. The van der Waals surface area contributed by atoms with Crippen LogP contribution in [-0.2, 0) is 11.3 Å². The van der Waals surface area contributed by atoms with Crippen molar-refractivity contribution in [3.8, 4) is 0 Å². The Hall–Kier alpha value is -1.60. The molecular weight excluding hydrogens is 346 g/mol. The quantitative estimate of drug-likeness (QED) is 0.628. The normalized spacial score (nSPS) is 21.8. The first kappa shape index (κ1) is 19.2.